The molecular weight excluding hydrogens is 234 g/mol. The van der Waals surface area contributed by atoms with Gasteiger partial charge < -0.3 is 5.32 Å². The Hall–Kier alpha value is -0.930. The summed E-state index contributed by atoms with van der Waals surface area (Å²) in [6, 6.07) is 5.58. The molecule has 1 fully saturated rings. The zero-order valence-electron chi connectivity index (χ0n) is 12.3. The highest BCUT2D eigenvalue weighted by atomic mass is 15.2. The second-order valence-corrected chi connectivity index (χ2v) is 5.68. The number of likely N-dealkylation sites (N-methyl/N-ethyl adjacent to an activating group) is 1. The summed E-state index contributed by atoms with van der Waals surface area (Å²) < 4.78 is 0. The van der Waals surface area contributed by atoms with Crippen LogP contribution >= 0.6 is 0 Å². The van der Waals surface area contributed by atoms with Crippen LogP contribution in [0.3, 0.4) is 0 Å². The van der Waals surface area contributed by atoms with Crippen molar-refractivity contribution in [3.63, 3.8) is 0 Å². The molecule has 0 aromatic carbocycles. The number of rotatable bonds is 6. The van der Waals surface area contributed by atoms with Crippen molar-refractivity contribution in [3.8, 4) is 0 Å². The van der Waals surface area contributed by atoms with Gasteiger partial charge in [-0.25, -0.2) is 0 Å². The van der Waals surface area contributed by atoms with E-state index in [1.54, 1.807) is 0 Å². The SMILES string of the molecule is CCCNC1CCCCC1N(C)Cc1ccncc1. The minimum atomic E-state index is 0.667. The van der Waals surface area contributed by atoms with Crippen molar-refractivity contribution < 1.29 is 0 Å². The smallest absolute Gasteiger partial charge is 0.0271 e. The van der Waals surface area contributed by atoms with Crippen molar-refractivity contribution in [1.82, 2.24) is 15.2 Å². The van der Waals surface area contributed by atoms with Crippen LogP contribution in [-0.4, -0.2) is 35.6 Å². The number of hydrogen-bond acceptors (Lipinski definition) is 3. The summed E-state index contributed by atoms with van der Waals surface area (Å²) in [7, 11) is 2.26. The lowest BCUT2D eigenvalue weighted by molar-refractivity contribution is 0.143. The lowest BCUT2D eigenvalue weighted by atomic mass is 9.89. The number of nitrogens with zero attached hydrogens (tertiary/aromatic N) is 2. The molecule has 0 bridgehead atoms. The molecule has 19 heavy (non-hydrogen) atoms. The van der Waals surface area contributed by atoms with Crippen LogP contribution in [0.25, 0.3) is 0 Å². The van der Waals surface area contributed by atoms with E-state index in [2.05, 4.69) is 41.3 Å². The molecule has 1 aliphatic carbocycles. The van der Waals surface area contributed by atoms with Crippen LogP contribution in [0.1, 0.15) is 44.6 Å². The van der Waals surface area contributed by atoms with Gasteiger partial charge in [-0.1, -0.05) is 19.8 Å². The zero-order valence-corrected chi connectivity index (χ0v) is 12.3. The van der Waals surface area contributed by atoms with Crippen molar-refractivity contribution in [2.75, 3.05) is 13.6 Å². The third-order valence-corrected chi connectivity index (χ3v) is 4.13. The Morgan fingerprint density at radius 2 is 2.00 bits per heavy atom. The number of nitrogens with one attached hydrogen (secondary N) is 1. The average Bonchev–Trinajstić information content (AvgIpc) is 2.46. The zero-order chi connectivity index (χ0) is 13.5. The molecule has 1 saturated carbocycles. The normalized spacial score (nSPS) is 23.7. The van der Waals surface area contributed by atoms with Gasteiger partial charge in [0.1, 0.15) is 0 Å². The Kier molecular flexibility index (Phi) is 5.80. The van der Waals surface area contributed by atoms with Gasteiger partial charge in [-0.3, -0.25) is 9.88 Å². The number of hydrogen-bond donors (Lipinski definition) is 1. The van der Waals surface area contributed by atoms with Gasteiger partial charge in [-0.05, 0) is 50.6 Å². The summed E-state index contributed by atoms with van der Waals surface area (Å²) >= 11 is 0. The van der Waals surface area contributed by atoms with Gasteiger partial charge in [0, 0.05) is 31.0 Å². The molecule has 2 rings (SSSR count). The van der Waals surface area contributed by atoms with E-state index in [1.807, 2.05) is 12.4 Å². The molecule has 1 heterocycles. The predicted octanol–water partition coefficient (Wildman–Crippen LogP) is 2.82. The average molecular weight is 261 g/mol. The summed E-state index contributed by atoms with van der Waals surface area (Å²) in [5.41, 5.74) is 1.36. The standard InChI is InChI=1S/C16H27N3/c1-3-10-18-15-6-4-5-7-16(15)19(2)13-14-8-11-17-12-9-14/h8-9,11-12,15-16,18H,3-7,10,13H2,1-2H3. The Bertz CT molecular complexity index is 352. The number of aromatic nitrogens is 1. The lowest BCUT2D eigenvalue weighted by Crippen LogP contribution is -2.50. The Balaban J connectivity index is 1.93. The maximum atomic E-state index is 4.09. The fraction of sp³-hybridized carbons (Fsp3) is 0.688. The molecule has 0 amide bonds. The van der Waals surface area contributed by atoms with E-state index >= 15 is 0 Å². The predicted molar refractivity (Wildman–Crippen MR) is 80.0 cm³/mol. The first-order valence-corrected chi connectivity index (χ1v) is 7.63. The van der Waals surface area contributed by atoms with Crippen LogP contribution < -0.4 is 5.32 Å². The fourth-order valence-electron chi connectivity index (χ4n) is 3.10. The molecule has 1 N–H and O–H groups in total. The molecule has 106 valence electrons. The van der Waals surface area contributed by atoms with Crippen molar-refractivity contribution in [2.24, 2.45) is 0 Å². The van der Waals surface area contributed by atoms with Crippen molar-refractivity contribution in [2.45, 2.75) is 57.7 Å². The van der Waals surface area contributed by atoms with Crippen LogP contribution in [-0.2, 0) is 6.54 Å². The minimum Gasteiger partial charge on any atom is -0.312 e. The van der Waals surface area contributed by atoms with Crippen molar-refractivity contribution >= 4 is 0 Å². The lowest BCUT2D eigenvalue weighted by Gasteiger charge is -2.38. The largest absolute Gasteiger partial charge is 0.312 e. The molecule has 0 saturated heterocycles. The van der Waals surface area contributed by atoms with Gasteiger partial charge in [-0.2, -0.15) is 0 Å². The molecule has 0 aliphatic heterocycles. The quantitative estimate of drug-likeness (QED) is 0.853. The van der Waals surface area contributed by atoms with E-state index in [0.29, 0.717) is 12.1 Å². The van der Waals surface area contributed by atoms with E-state index < -0.39 is 0 Å². The maximum absolute atomic E-state index is 4.09. The summed E-state index contributed by atoms with van der Waals surface area (Å²) in [5, 5.41) is 3.73. The van der Waals surface area contributed by atoms with Gasteiger partial charge in [0.15, 0.2) is 0 Å². The second-order valence-electron chi connectivity index (χ2n) is 5.68. The topological polar surface area (TPSA) is 28.2 Å². The number of pyridine rings is 1. The first kappa shape index (κ1) is 14.5. The van der Waals surface area contributed by atoms with Crippen LogP contribution in [0.15, 0.2) is 24.5 Å². The Morgan fingerprint density at radius 1 is 1.26 bits per heavy atom. The molecule has 1 aromatic heterocycles. The Labute approximate surface area is 117 Å². The summed E-state index contributed by atoms with van der Waals surface area (Å²) in [5.74, 6) is 0. The monoisotopic (exact) mass is 261 g/mol. The van der Waals surface area contributed by atoms with Crippen LogP contribution in [0.5, 0.6) is 0 Å². The van der Waals surface area contributed by atoms with E-state index in [4.69, 9.17) is 0 Å². The molecular formula is C16H27N3. The van der Waals surface area contributed by atoms with Gasteiger partial charge in [-0.15, -0.1) is 0 Å². The van der Waals surface area contributed by atoms with Crippen LogP contribution in [0, 0.1) is 0 Å². The second kappa shape index (κ2) is 7.61. The molecule has 1 aromatic rings. The van der Waals surface area contributed by atoms with Gasteiger partial charge in [0.25, 0.3) is 0 Å². The summed E-state index contributed by atoms with van der Waals surface area (Å²) in [6.07, 6.45) is 10.4. The highest BCUT2D eigenvalue weighted by Crippen LogP contribution is 2.23. The summed E-state index contributed by atoms with van der Waals surface area (Å²) in [6.45, 7) is 4.41. The molecule has 3 heteroatoms. The van der Waals surface area contributed by atoms with Crippen molar-refractivity contribution in [1.29, 1.82) is 0 Å². The van der Waals surface area contributed by atoms with E-state index in [-0.39, 0.29) is 0 Å². The molecule has 0 radical (unpaired) electrons. The molecule has 0 spiro atoms. The highest BCUT2D eigenvalue weighted by Gasteiger charge is 2.27. The first-order valence-electron chi connectivity index (χ1n) is 7.63. The van der Waals surface area contributed by atoms with Crippen molar-refractivity contribution in [3.05, 3.63) is 30.1 Å². The molecule has 2 unspecified atom stereocenters. The molecule has 2 atom stereocenters. The Morgan fingerprint density at radius 3 is 2.74 bits per heavy atom. The highest BCUT2D eigenvalue weighted by molar-refractivity contribution is 5.09. The van der Waals surface area contributed by atoms with E-state index in [1.165, 1.54) is 37.7 Å². The maximum Gasteiger partial charge on any atom is 0.0271 e. The molecule has 3 nitrogen and oxygen atoms in total. The van der Waals surface area contributed by atoms with Gasteiger partial charge in [0.2, 0.25) is 0 Å². The fourth-order valence-corrected chi connectivity index (χ4v) is 3.10. The first-order chi connectivity index (χ1) is 9.31. The minimum absolute atomic E-state index is 0.667. The van der Waals surface area contributed by atoms with Crippen LogP contribution in [0.4, 0.5) is 0 Å². The van der Waals surface area contributed by atoms with Gasteiger partial charge in [0.05, 0.1) is 0 Å². The summed E-state index contributed by atoms with van der Waals surface area (Å²) in [4.78, 5) is 6.61. The van der Waals surface area contributed by atoms with E-state index in [9.17, 15) is 0 Å². The van der Waals surface area contributed by atoms with Gasteiger partial charge >= 0.3 is 0 Å². The van der Waals surface area contributed by atoms with Crippen LogP contribution in [0.2, 0.25) is 0 Å². The molecule has 1 aliphatic rings. The third-order valence-electron chi connectivity index (χ3n) is 4.13. The van der Waals surface area contributed by atoms with E-state index in [0.717, 1.165) is 13.1 Å². The third kappa shape index (κ3) is 4.29.